The van der Waals surface area contributed by atoms with Crippen molar-refractivity contribution in [1.29, 1.82) is 5.41 Å². The Kier molecular flexibility index (Phi) is 18.9. The normalized spacial score (nSPS) is 12.1. The Morgan fingerprint density at radius 3 is 2.00 bits per heavy atom. The Labute approximate surface area is 173 Å². The lowest BCUT2D eigenvalue weighted by atomic mass is 10.1. The lowest BCUT2D eigenvalue weighted by molar-refractivity contribution is -0.141. The quantitative estimate of drug-likeness (QED) is 0.118. The molecule has 1 unspecified atom stereocenters. The van der Waals surface area contributed by atoms with E-state index >= 15 is 0 Å². The fraction of sp³-hybridized carbons (Fsp3) is 0.789. The molecule has 1 amide bonds. The highest BCUT2D eigenvalue weighted by Gasteiger charge is 2.13. The Balaban J connectivity index is 0. The van der Waals surface area contributed by atoms with Crippen LogP contribution in [-0.2, 0) is 14.4 Å². The summed E-state index contributed by atoms with van der Waals surface area (Å²) in [6, 6.07) is -1.61. The van der Waals surface area contributed by atoms with Crippen molar-refractivity contribution >= 4 is 23.8 Å². The number of nitrogens with two attached hydrogens (primary N) is 2. The average Bonchev–Trinajstić information content (AvgIpc) is 2.64. The molecule has 0 aromatic carbocycles. The monoisotopic (exact) mass is 417 g/mol. The van der Waals surface area contributed by atoms with E-state index in [1.54, 1.807) is 0 Å². The van der Waals surface area contributed by atoms with Crippen LogP contribution in [0.2, 0.25) is 0 Å². The minimum atomic E-state index is -1.00. The maximum atomic E-state index is 11.3. The van der Waals surface area contributed by atoms with E-state index < -0.39 is 24.0 Å². The molecule has 10 nitrogen and oxygen atoms in total. The van der Waals surface area contributed by atoms with Gasteiger partial charge in [0.1, 0.15) is 12.1 Å². The molecule has 0 heterocycles. The number of amides is 1. The van der Waals surface area contributed by atoms with Crippen LogP contribution in [0.4, 0.5) is 0 Å². The van der Waals surface area contributed by atoms with Gasteiger partial charge in [-0.05, 0) is 26.2 Å². The number of unbranched alkanes of at least 4 members (excludes halogenated alkanes) is 6. The van der Waals surface area contributed by atoms with Gasteiger partial charge in [0.05, 0.1) is 0 Å². The smallest absolute Gasteiger partial charge is 0.325 e. The summed E-state index contributed by atoms with van der Waals surface area (Å²) < 4.78 is 0. The Morgan fingerprint density at radius 2 is 1.52 bits per heavy atom. The molecular formula is C19H39N5O5. The van der Waals surface area contributed by atoms with Gasteiger partial charge in [0.15, 0.2) is 5.96 Å². The van der Waals surface area contributed by atoms with Crippen LogP contribution in [0, 0.1) is 5.41 Å². The first kappa shape index (κ1) is 28.8. The van der Waals surface area contributed by atoms with E-state index in [0.29, 0.717) is 25.8 Å². The number of carboxylic acid groups (broad SMARTS) is 2. The van der Waals surface area contributed by atoms with Gasteiger partial charge in [-0.15, -0.1) is 0 Å². The number of hydrogen-bond acceptors (Lipinski definition) is 5. The third-order valence-corrected chi connectivity index (χ3v) is 4.08. The average molecular weight is 418 g/mol. The van der Waals surface area contributed by atoms with Crippen molar-refractivity contribution < 1.29 is 24.6 Å². The molecule has 170 valence electrons. The van der Waals surface area contributed by atoms with Gasteiger partial charge in [0, 0.05) is 13.0 Å². The van der Waals surface area contributed by atoms with Crippen molar-refractivity contribution in [2.45, 2.75) is 90.1 Å². The van der Waals surface area contributed by atoms with Gasteiger partial charge in [0.25, 0.3) is 0 Å². The summed E-state index contributed by atoms with van der Waals surface area (Å²) in [5, 5.41) is 28.8. The van der Waals surface area contributed by atoms with Crippen molar-refractivity contribution in [3.05, 3.63) is 0 Å². The fourth-order valence-electron chi connectivity index (χ4n) is 2.29. The molecule has 0 saturated carbocycles. The largest absolute Gasteiger partial charge is 0.480 e. The van der Waals surface area contributed by atoms with Crippen molar-refractivity contribution in [1.82, 2.24) is 10.6 Å². The third kappa shape index (κ3) is 21.8. The van der Waals surface area contributed by atoms with Crippen LogP contribution in [0.3, 0.4) is 0 Å². The van der Waals surface area contributed by atoms with Crippen LogP contribution in [0.25, 0.3) is 0 Å². The summed E-state index contributed by atoms with van der Waals surface area (Å²) in [5.41, 5.74) is 10.2. The van der Waals surface area contributed by atoms with E-state index in [4.69, 9.17) is 27.1 Å². The Bertz CT molecular complexity index is 488. The fourth-order valence-corrected chi connectivity index (χ4v) is 2.29. The molecule has 0 aromatic heterocycles. The van der Waals surface area contributed by atoms with E-state index in [2.05, 4.69) is 17.6 Å². The second-order valence-electron chi connectivity index (χ2n) is 6.93. The van der Waals surface area contributed by atoms with Gasteiger partial charge in [-0.25, -0.2) is 0 Å². The molecular weight excluding hydrogens is 378 g/mol. The molecule has 0 aliphatic heterocycles. The molecule has 0 aliphatic carbocycles. The molecule has 0 aliphatic rings. The number of guanidine groups is 1. The van der Waals surface area contributed by atoms with Crippen LogP contribution in [-0.4, -0.2) is 52.6 Å². The molecule has 29 heavy (non-hydrogen) atoms. The maximum Gasteiger partial charge on any atom is 0.325 e. The third-order valence-electron chi connectivity index (χ3n) is 4.08. The number of nitrogens with one attached hydrogen (secondary N) is 3. The summed E-state index contributed by atoms with van der Waals surface area (Å²) in [4.78, 5) is 32.0. The predicted molar refractivity (Wildman–Crippen MR) is 113 cm³/mol. The second kappa shape index (κ2) is 19.0. The zero-order valence-corrected chi connectivity index (χ0v) is 17.7. The van der Waals surface area contributed by atoms with Crippen molar-refractivity contribution in [2.24, 2.45) is 11.5 Å². The predicted octanol–water partition coefficient (Wildman–Crippen LogP) is 1.38. The molecule has 0 fully saturated rings. The molecule has 0 spiro atoms. The van der Waals surface area contributed by atoms with E-state index in [1.807, 2.05) is 0 Å². The Hall–Kier alpha value is -2.36. The molecule has 0 aromatic rings. The van der Waals surface area contributed by atoms with Gasteiger partial charge in [-0.1, -0.05) is 45.4 Å². The minimum absolute atomic E-state index is 0.112. The summed E-state index contributed by atoms with van der Waals surface area (Å²) in [6.07, 6.45) is 9.53. The number of aliphatic carboxylic acids is 2. The first-order valence-corrected chi connectivity index (χ1v) is 10.2. The topological polar surface area (TPSA) is 192 Å². The summed E-state index contributed by atoms with van der Waals surface area (Å²) in [6.45, 7) is 4.15. The zero-order valence-electron chi connectivity index (χ0n) is 17.7. The highest BCUT2D eigenvalue weighted by molar-refractivity contribution is 5.83. The standard InChI is InChI=1S/C13H25NO3.C6H14N4O2/c1-3-4-5-6-7-8-9-10-12(15)14-11(2)13(16)17;7-4(5(11)12)2-1-3-10-6(8)9/h11H,3-10H2,1-2H3,(H,14,15)(H,16,17);4H,1-3,7H2,(H,11,12)(H4,8,9,10)/t11-;/m0./s1. The van der Waals surface area contributed by atoms with Crippen LogP contribution in [0.5, 0.6) is 0 Å². The Morgan fingerprint density at radius 1 is 0.966 bits per heavy atom. The van der Waals surface area contributed by atoms with Crippen molar-refractivity contribution in [2.75, 3.05) is 6.54 Å². The number of hydrogen-bond donors (Lipinski definition) is 7. The van der Waals surface area contributed by atoms with E-state index in [9.17, 15) is 14.4 Å². The minimum Gasteiger partial charge on any atom is -0.480 e. The van der Waals surface area contributed by atoms with E-state index in [0.717, 1.165) is 12.8 Å². The maximum absolute atomic E-state index is 11.3. The molecule has 10 heteroatoms. The zero-order chi connectivity index (χ0) is 22.7. The number of carbonyl (C=O) groups excluding carboxylic acids is 1. The lowest BCUT2D eigenvalue weighted by Gasteiger charge is -2.08. The van der Waals surface area contributed by atoms with Crippen LogP contribution in [0.1, 0.15) is 78.1 Å². The number of carbonyl (C=O) groups is 3. The van der Waals surface area contributed by atoms with E-state index in [1.165, 1.54) is 39.0 Å². The summed E-state index contributed by atoms with van der Waals surface area (Å²) in [7, 11) is 0. The van der Waals surface area contributed by atoms with Gasteiger partial charge in [-0.2, -0.15) is 0 Å². The molecule has 2 atom stereocenters. The van der Waals surface area contributed by atoms with Crippen LogP contribution in [0.15, 0.2) is 0 Å². The van der Waals surface area contributed by atoms with Gasteiger partial charge in [-0.3, -0.25) is 19.8 Å². The molecule has 0 saturated heterocycles. The van der Waals surface area contributed by atoms with Gasteiger partial charge >= 0.3 is 11.9 Å². The molecule has 0 bridgehead atoms. The highest BCUT2D eigenvalue weighted by Crippen LogP contribution is 2.08. The van der Waals surface area contributed by atoms with Crippen molar-refractivity contribution in [3.8, 4) is 0 Å². The van der Waals surface area contributed by atoms with Crippen molar-refractivity contribution in [3.63, 3.8) is 0 Å². The van der Waals surface area contributed by atoms with Gasteiger partial charge in [0.2, 0.25) is 5.91 Å². The second-order valence-corrected chi connectivity index (χ2v) is 6.93. The number of rotatable bonds is 15. The lowest BCUT2D eigenvalue weighted by Crippen LogP contribution is -2.38. The summed E-state index contributed by atoms with van der Waals surface area (Å²) >= 11 is 0. The molecule has 9 N–H and O–H groups in total. The van der Waals surface area contributed by atoms with Crippen LogP contribution < -0.4 is 22.1 Å². The first-order chi connectivity index (χ1) is 13.6. The number of carboxylic acids is 2. The van der Waals surface area contributed by atoms with E-state index in [-0.39, 0.29) is 11.9 Å². The van der Waals surface area contributed by atoms with Gasteiger partial charge < -0.3 is 32.3 Å². The summed E-state index contributed by atoms with van der Waals surface area (Å²) in [5.74, 6) is -2.26. The molecule has 0 radical (unpaired) electrons. The molecule has 0 rings (SSSR count). The highest BCUT2D eigenvalue weighted by atomic mass is 16.4. The van der Waals surface area contributed by atoms with Crippen LogP contribution >= 0.6 is 0 Å². The SMILES string of the molecule is CCCCCCCCCC(=O)N[C@@H](C)C(=O)O.N=C(N)NCCCC(N)C(=O)O. The first-order valence-electron chi connectivity index (χ1n) is 10.2.